The predicted octanol–water partition coefficient (Wildman–Crippen LogP) is 3.69. The molecule has 0 aliphatic heterocycles. The molecule has 2 aromatic rings. The molecule has 0 saturated heterocycles. The van der Waals surface area contributed by atoms with Crippen LogP contribution in [0.5, 0.6) is 0 Å². The number of thiocarbonyl (C=S) groups is 1. The van der Waals surface area contributed by atoms with Crippen molar-refractivity contribution < 1.29 is 9.21 Å². The van der Waals surface area contributed by atoms with Gasteiger partial charge in [0, 0.05) is 10.0 Å². The third-order valence-corrected chi connectivity index (χ3v) is 3.87. The average molecular weight is 404 g/mol. The molecule has 2 rings (SSSR count). The van der Waals surface area contributed by atoms with Gasteiger partial charge in [-0.15, -0.1) is 0 Å². The first-order valence-corrected chi connectivity index (χ1v) is 7.12. The smallest absolute Gasteiger partial charge is 0.260 e. The highest BCUT2D eigenvalue weighted by atomic mass is 79.9. The molecule has 0 atom stereocenters. The molecule has 1 aromatic carbocycles. The van der Waals surface area contributed by atoms with E-state index in [1.54, 1.807) is 24.3 Å². The molecular weight excluding hydrogens is 396 g/mol. The molecule has 0 unspecified atom stereocenters. The summed E-state index contributed by atoms with van der Waals surface area (Å²) >= 11 is 11.4. The number of halogens is 2. The van der Waals surface area contributed by atoms with Crippen LogP contribution in [0.1, 0.15) is 15.9 Å². The quantitative estimate of drug-likeness (QED) is 0.766. The molecular formula is C12H8Br2N2O2S. The van der Waals surface area contributed by atoms with E-state index in [4.69, 9.17) is 22.4 Å². The van der Waals surface area contributed by atoms with Crippen LogP contribution >= 0.6 is 44.1 Å². The summed E-state index contributed by atoms with van der Waals surface area (Å²) in [5.74, 6) is -0.274. The van der Waals surface area contributed by atoms with E-state index >= 15 is 0 Å². The van der Waals surface area contributed by atoms with Gasteiger partial charge in [-0.1, -0.05) is 12.2 Å². The fourth-order valence-corrected chi connectivity index (χ4v) is 2.44. The number of rotatable bonds is 3. The maximum atomic E-state index is 12.0. The summed E-state index contributed by atoms with van der Waals surface area (Å²) in [6, 6.07) is 6.80. The summed E-state index contributed by atoms with van der Waals surface area (Å²) in [6.07, 6.45) is 1.43. The van der Waals surface area contributed by atoms with Crippen molar-refractivity contribution in [3.05, 3.63) is 50.8 Å². The molecule has 1 amide bonds. The van der Waals surface area contributed by atoms with Crippen molar-refractivity contribution in [1.29, 1.82) is 0 Å². The van der Waals surface area contributed by atoms with Crippen molar-refractivity contribution in [2.45, 2.75) is 0 Å². The Hall–Kier alpha value is -1.18. The zero-order valence-corrected chi connectivity index (χ0v) is 13.4. The van der Waals surface area contributed by atoms with Crippen LogP contribution in [0.3, 0.4) is 0 Å². The van der Waals surface area contributed by atoms with Gasteiger partial charge in [0.25, 0.3) is 5.91 Å². The highest BCUT2D eigenvalue weighted by molar-refractivity contribution is 9.10. The molecule has 4 nitrogen and oxygen atoms in total. The van der Waals surface area contributed by atoms with Crippen molar-refractivity contribution in [2.75, 3.05) is 5.32 Å². The minimum absolute atomic E-state index is 0.274. The lowest BCUT2D eigenvalue weighted by Crippen LogP contribution is -2.13. The van der Waals surface area contributed by atoms with Gasteiger partial charge in [0.15, 0.2) is 4.67 Å². The van der Waals surface area contributed by atoms with Crippen molar-refractivity contribution in [1.82, 2.24) is 0 Å². The first-order chi connectivity index (χ1) is 8.99. The Labute approximate surface area is 131 Å². The molecule has 0 radical (unpaired) electrons. The number of hydrogen-bond donors (Lipinski definition) is 2. The molecule has 0 spiro atoms. The molecule has 1 aromatic heterocycles. The Morgan fingerprint density at radius 2 is 2.05 bits per heavy atom. The predicted molar refractivity (Wildman–Crippen MR) is 84.4 cm³/mol. The molecule has 0 fully saturated rings. The van der Waals surface area contributed by atoms with Crippen LogP contribution in [0, 0.1) is 0 Å². The van der Waals surface area contributed by atoms with Crippen molar-refractivity contribution in [3.63, 3.8) is 0 Å². The Kier molecular flexibility index (Phi) is 4.38. The van der Waals surface area contributed by atoms with Crippen LogP contribution < -0.4 is 11.1 Å². The Morgan fingerprint density at radius 3 is 2.58 bits per heavy atom. The first-order valence-electron chi connectivity index (χ1n) is 5.12. The summed E-state index contributed by atoms with van der Waals surface area (Å²) in [4.78, 5) is 12.3. The lowest BCUT2D eigenvalue weighted by molar-refractivity contribution is 0.102. The molecule has 3 N–H and O–H groups in total. The Bertz CT molecular complexity index is 655. The number of nitrogens with two attached hydrogens (primary N) is 1. The monoisotopic (exact) mass is 402 g/mol. The van der Waals surface area contributed by atoms with Crippen molar-refractivity contribution in [3.8, 4) is 0 Å². The number of hydrogen-bond acceptors (Lipinski definition) is 3. The van der Waals surface area contributed by atoms with E-state index in [0.717, 1.165) is 5.56 Å². The van der Waals surface area contributed by atoms with Gasteiger partial charge in [-0.05, 0) is 56.1 Å². The third kappa shape index (κ3) is 3.23. The highest BCUT2D eigenvalue weighted by Gasteiger charge is 2.14. The summed E-state index contributed by atoms with van der Waals surface area (Å²) in [7, 11) is 0. The van der Waals surface area contributed by atoms with Gasteiger partial charge in [0.1, 0.15) is 4.99 Å². The van der Waals surface area contributed by atoms with Gasteiger partial charge < -0.3 is 15.5 Å². The number of benzene rings is 1. The van der Waals surface area contributed by atoms with Gasteiger partial charge in [0.2, 0.25) is 0 Å². The molecule has 1 heterocycles. The van der Waals surface area contributed by atoms with Gasteiger partial charge in [-0.25, -0.2) is 0 Å². The van der Waals surface area contributed by atoms with E-state index in [-0.39, 0.29) is 5.91 Å². The van der Waals surface area contributed by atoms with E-state index in [1.807, 2.05) is 0 Å². The summed E-state index contributed by atoms with van der Waals surface area (Å²) in [5.41, 5.74) is 7.31. The maximum Gasteiger partial charge on any atom is 0.260 e. The SMILES string of the molecule is NC(=S)c1ccc(NC(=O)c2ccoc2Br)c(Br)c1. The summed E-state index contributed by atoms with van der Waals surface area (Å²) in [5, 5.41) is 2.76. The number of carbonyl (C=O) groups excluding carboxylic acids is 1. The van der Waals surface area contributed by atoms with E-state index in [2.05, 4.69) is 37.2 Å². The number of anilines is 1. The Morgan fingerprint density at radius 1 is 1.32 bits per heavy atom. The van der Waals surface area contributed by atoms with Gasteiger partial charge in [0.05, 0.1) is 17.5 Å². The van der Waals surface area contributed by atoms with Crippen LogP contribution in [-0.2, 0) is 0 Å². The zero-order chi connectivity index (χ0) is 14.0. The van der Waals surface area contributed by atoms with Crippen LogP contribution in [0.2, 0.25) is 0 Å². The number of nitrogens with one attached hydrogen (secondary N) is 1. The lowest BCUT2D eigenvalue weighted by Gasteiger charge is -2.08. The highest BCUT2D eigenvalue weighted by Crippen LogP contribution is 2.25. The topological polar surface area (TPSA) is 68.3 Å². The van der Waals surface area contributed by atoms with E-state index < -0.39 is 0 Å². The van der Waals surface area contributed by atoms with Crippen LogP contribution in [0.25, 0.3) is 0 Å². The third-order valence-electron chi connectivity index (χ3n) is 2.36. The van der Waals surface area contributed by atoms with Crippen molar-refractivity contribution >= 4 is 60.7 Å². The molecule has 0 saturated carbocycles. The standard InChI is InChI=1S/C12H8Br2N2O2S/c13-8-5-6(11(15)19)1-2-9(8)16-12(17)7-3-4-18-10(7)14/h1-5H,(H2,15,19)(H,16,17). The minimum Gasteiger partial charge on any atom is -0.457 e. The summed E-state index contributed by atoms with van der Waals surface area (Å²) in [6.45, 7) is 0. The number of carbonyl (C=O) groups is 1. The van der Waals surface area contributed by atoms with Gasteiger partial charge in [-0.2, -0.15) is 0 Å². The molecule has 98 valence electrons. The molecule has 0 aliphatic rings. The first kappa shape index (κ1) is 14.2. The van der Waals surface area contributed by atoms with Gasteiger partial charge in [-0.3, -0.25) is 4.79 Å². The van der Waals surface area contributed by atoms with Crippen LogP contribution in [-0.4, -0.2) is 10.9 Å². The molecule has 19 heavy (non-hydrogen) atoms. The average Bonchev–Trinajstić information content (AvgIpc) is 2.77. The fourth-order valence-electron chi connectivity index (χ4n) is 1.42. The van der Waals surface area contributed by atoms with Crippen LogP contribution in [0.15, 0.2) is 44.1 Å². The largest absolute Gasteiger partial charge is 0.457 e. The maximum absolute atomic E-state index is 12.0. The number of furan rings is 1. The molecule has 0 aliphatic carbocycles. The molecule has 7 heteroatoms. The van der Waals surface area contributed by atoms with E-state index in [1.165, 1.54) is 6.26 Å². The fraction of sp³-hybridized carbons (Fsp3) is 0. The second kappa shape index (κ2) is 5.85. The second-order valence-electron chi connectivity index (χ2n) is 3.62. The van der Waals surface area contributed by atoms with Gasteiger partial charge >= 0.3 is 0 Å². The second-order valence-corrected chi connectivity index (χ2v) is 5.64. The van der Waals surface area contributed by atoms with Crippen molar-refractivity contribution in [2.24, 2.45) is 5.73 Å². The number of amides is 1. The lowest BCUT2D eigenvalue weighted by atomic mass is 10.2. The van der Waals surface area contributed by atoms with E-state index in [9.17, 15) is 4.79 Å². The zero-order valence-electron chi connectivity index (χ0n) is 9.44. The minimum atomic E-state index is -0.274. The van der Waals surface area contributed by atoms with E-state index in [0.29, 0.717) is 25.4 Å². The molecule has 0 bridgehead atoms. The normalized spacial score (nSPS) is 10.2. The summed E-state index contributed by atoms with van der Waals surface area (Å²) < 4.78 is 6.10. The van der Waals surface area contributed by atoms with Crippen LogP contribution in [0.4, 0.5) is 5.69 Å². The Balaban J connectivity index is 2.23.